The Hall–Kier alpha value is -1.57. The van der Waals surface area contributed by atoms with Crippen molar-refractivity contribution in [3.05, 3.63) is 42.0 Å². The molecular formula is C11H12NO. The summed E-state index contributed by atoms with van der Waals surface area (Å²) in [5.41, 5.74) is 1.76. The van der Waals surface area contributed by atoms with Crippen molar-refractivity contribution in [1.82, 2.24) is 5.32 Å². The van der Waals surface area contributed by atoms with Gasteiger partial charge in [0.05, 0.1) is 5.69 Å². The highest BCUT2D eigenvalue weighted by Crippen LogP contribution is 2.12. The molecule has 1 rings (SSSR count). The lowest BCUT2D eigenvalue weighted by Crippen LogP contribution is -2.07. The fraction of sp³-hybridized carbons (Fsp3) is 0.182. The van der Waals surface area contributed by atoms with E-state index < -0.39 is 0 Å². The van der Waals surface area contributed by atoms with Crippen LogP contribution in [-0.2, 0) is 4.79 Å². The second kappa shape index (κ2) is 4.45. The maximum absolute atomic E-state index is 11.1. The predicted molar refractivity (Wildman–Crippen MR) is 52.8 cm³/mol. The highest BCUT2D eigenvalue weighted by atomic mass is 16.1. The van der Waals surface area contributed by atoms with Gasteiger partial charge >= 0.3 is 0 Å². The van der Waals surface area contributed by atoms with Crippen LogP contribution in [0.5, 0.6) is 0 Å². The summed E-state index contributed by atoms with van der Waals surface area (Å²) in [4.78, 5) is 11.1. The standard InChI is InChI=1S/C11H12NO/c1-3-6-11(13)12-10-8-5-4-7-9(10)2/h3-8H,1-2H3/b6-3+. The van der Waals surface area contributed by atoms with E-state index in [1.165, 1.54) is 6.08 Å². The molecule has 0 aliphatic heterocycles. The van der Waals surface area contributed by atoms with E-state index in [2.05, 4.69) is 5.32 Å². The number of carbonyl (C=O) groups is 1. The second-order valence-corrected chi connectivity index (χ2v) is 2.74. The Morgan fingerprint density at radius 1 is 1.38 bits per heavy atom. The van der Waals surface area contributed by atoms with Crippen LogP contribution in [0.1, 0.15) is 12.5 Å². The van der Waals surface area contributed by atoms with Gasteiger partial charge in [-0.05, 0) is 25.5 Å². The molecule has 0 saturated heterocycles. The number of aryl methyl sites for hydroxylation is 1. The van der Waals surface area contributed by atoms with Crippen molar-refractivity contribution in [2.75, 3.05) is 0 Å². The van der Waals surface area contributed by atoms with Gasteiger partial charge < -0.3 is 0 Å². The highest BCUT2D eigenvalue weighted by molar-refractivity contribution is 5.90. The molecule has 2 heteroatoms. The molecule has 67 valence electrons. The van der Waals surface area contributed by atoms with Crippen LogP contribution in [0.2, 0.25) is 0 Å². The van der Waals surface area contributed by atoms with Gasteiger partial charge in [-0.1, -0.05) is 24.3 Å². The van der Waals surface area contributed by atoms with E-state index >= 15 is 0 Å². The van der Waals surface area contributed by atoms with Crippen LogP contribution in [0.4, 0.5) is 5.69 Å². The van der Waals surface area contributed by atoms with Crippen molar-refractivity contribution in [3.8, 4) is 0 Å². The molecule has 1 aromatic carbocycles. The van der Waals surface area contributed by atoms with Crippen molar-refractivity contribution in [2.24, 2.45) is 0 Å². The molecule has 0 unspecified atom stereocenters. The third-order valence-corrected chi connectivity index (χ3v) is 1.66. The Kier molecular flexibility index (Phi) is 3.26. The van der Waals surface area contributed by atoms with Gasteiger partial charge in [0.25, 0.3) is 5.91 Å². The number of para-hydroxylation sites is 1. The summed E-state index contributed by atoms with van der Waals surface area (Å²) < 4.78 is 0. The summed E-state index contributed by atoms with van der Waals surface area (Å²) in [6.07, 6.45) is 3.14. The second-order valence-electron chi connectivity index (χ2n) is 2.74. The number of carbonyl (C=O) groups excluding carboxylic acids is 1. The van der Waals surface area contributed by atoms with Crippen LogP contribution in [0.3, 0.4) is 0 Å². The zero-order chi connectivity index (χ0) is 9.68. The number of rotatable bonds is 2. The average Bonchev–Trinajstić information content (AvgIpc) is 2.09. The first-order chi connectivity index (χ1) is 6.24. The van der Waals surface area contributed by atoms with Crippen LogP contribution >= 0.6 is 0 Å². The monoisotopic (exact) mass is 174 g/mol. The van der Waals surface area contributed by atoms with Gasteiger partial charge in [-0.25, -0.2) is 5.32 Å². The first kappa shape index (κ1) is 9.52. The normalized spacial score (nSPS) is 10.3. The molecule has 0 spiro atoms. The van der Waals surface area contributed by atoms with Crippen molar-refractivity contribution >= 4 is 11.6 Å². The van der Waals surface area contributed by atoms with Crippen LogP contribution in [0, 0.1) is 6.92 Å². The molecule has 1 amide bonds. The van der Waals surface area contributed by atoms with E-state index in [0.29, 0.717) is 0 Å². The molecule has 0 heterocycles. The molecule has 2 nitrogen and oxygen atoms in total. The van der Waals surface area contributed by atoms with Crippen LogP contribution in [0.25, 0.3) is 0 Å². The molecule has 0 aliphatic carbocycles. The third-order valence-electron chi connectivity index (χ3n) is 1.66. The minimum absolute atomic E-state index is 0.211. The van der Waals surface area contributed by atoms with E-state index in [0.717, 1.165) is 11.3 Å². The molecule has 0 saturated carbocycles. The maximum atomic E-state index is 11.1. The Morgan fingerprint density at radius 3 is 2.69 bits per heavy atom. The molecule has 1 aromatic rings. The summed E-state index contributed by atoms with van der Waals surface area (Å²) in [7, 11) is 0. The molecule has 0 N–H and O–H groups in total. The first-order valence-electron chi connectivity index (χ1n) is 4.18. The smallest absolute Gasteiger partial charge is 0.267 e. The Bertz CT molecular complexity index is 329. The Morgan fingerprint density at radius 2 is 2.08 bits per heavy atom. The van der Waals surface area contributed by atoms with Gasteiger partial charge in [-0.15, -0.1) is 0 Å². The zero-order valence-electron chi connectivity index (χ0n) is 7.82. The summed E-state index contributed by atoms with van der Waals surface area (Å²) >= 11 is 0. The summed E-state index contributed by atoms with van der Waals surface area (Å²) in [6, 6.07) is 7.56. The number of hydrogen-bond acceptors (Lipinski definition) is 1. The van der Waals surface area contributed by atoms with E-state index in [1.807, 2.05) is 31.2 Å². The van der Waals surface area contributed by atoms with Crippen molar-refractivity contribution in [1.29, 1.82) is 0 Å². The number of benzene rings is 1. The fourth-order valence-corrected chi connectivity index (χ4v) is 0.987. The topological polar surface area (TPSA) is 31.2 Å². The van der Waals surface area contributed by atoms with E-state index in [1.54, 1.807) is 13.0 Å². The van der Waals surface area contributed by atoms with Crippen molar-refractivity contribution < 1.29 is 4.79 Å². The molecule has 13 heavy (non-hydrogen) atoms. The van der Waals surface area contributed by atoms with Gasteiger partial charge in [0.15, 0.2) is 0 Å². The lowest BCUT2D eigenvalue weighted by Gasteiger charge is -2.01. The molecule has 0 aromatic heterocycles. The Balaban J connectivity index is 2.74. The molecular weight excluding hydrogens is 162 g/mol. The molecule has 0 atom stereocenters. The number of allylic oxidation sites excluding steroid dienone is 1. The summed E-state index contributed by atoms with van der Waals surface area (Å²) in [5.74, 6) is -0.211. The Labute approximate surface area is 78.3 Å². The van der Waals surface area contributed by atoms with Crippen LogP contribution in [-0.4, -0.2) is 5.91 Å². The first-order valence-corrected chi connectivity index (χ1v) is 4.18. The third kappa shape index (κ3) is 2.75. The SMILES string of the molecule is C/C=C/C(=O)[N]c1ccccc1C. The molecule has 0 aliphatic rings. The molecule has 0 fully saturated rings. The van der Waals surface area contributed by atoms with E-state index in [9.17, 15) is 4.79 Å². The van der Waals surface area contributed by atoms with Crippen LogP contribution in [0.15, 0.2) is 36.4 Å². The predicted octanol–water partition coefficient (Wildman–Crippen LogP) is 2.33. The maximum Gasteiger partial charge on any atom is 0.269 e. The minimum atomic E-state index is -0.211. The van der Waals surface area contributed by atoms with Gasteiger partial charge in [-0.2, -0.15) is 0 Å². The average molecular weight is 174 g/mol. The summed E-state index contributed by atoms with van der Waals surface area (Å²) in [6.45, 7) is 3.73. The summed E-state index contributed by atoms with van der Waals surface area (Å²) in [5, 5.41) is 3.92. The highest BCUT2D eigenvalue weighted by Gasteiger charge is 2.01. The van der Waals surface area contributed by atoms with Crippen molar-refractivity contribution in [3.63, 3.8) is 0 Å². The largest absolute Gasteiger partial charge is 0.269 e. The number of nitrogens with zero attached hydrogens (tertiary/aromatic N) is 1. The fourth-order valence-electron chi connectivity index (χ4n) is 0.987. The number of amides is 1. The quantitative estimate of drug-likeness (QED) is 0.633. The van der Waals surface area contributed by atoms with Crippen molar-refractivity contribution in [2.45, 2.75) is 13.8 Å². The minimum Gasteiger partial charge on any atom is -0.267 e. The van der Waals surface area contributed by atoms with Gasteiger partial charge in [-0.3, -0.25) is 4.79 Å². The molecule has 1 radical (unpaired) electrons. The van der Waals surface area contributed by atoms with E-state index in [4.69, 9.17) is 0 Å². The van der Waals surface area contributed by atoms with Gasteiger partial charge in [0.1, 0.15) is 0 Å². The zero-order valence-corrected chi connectivity index (χ0v) is 7.82. The lowest BCUT2D eigenvalue weighted by atomic mass is 10.2. The van der Waals surface area contributed by atoms with Gasteiger partial charge in [0, 0.05) is 6.08 Å². The van der Waals surface area contributed by atoms with E-state index in [-0.39, 0.29) is 5.91 Å². The van der Waals surface area contributed by atoms with Crippen LogP contribution < -0.4 is 5.32 Å². The lowest BCUT2D eigenvalue weighted by molar-refractivity contribution is -0.115. The number of hydrogen-bond donors (Lipinski definition) is 0. The molecule has 0 bridgehead atoms. The van der Waals surface area contributed by atoms with Gasteiger partial charge in [0.2, 0.25) is 0 Å².